The van der Waals surface area contributed by atoms with Crippen molar-refractivity contribution in [3.63, 3.8) is 0 Å². The van der Waals surface area contributed by atoms with Crippen LogP contribution in [0.4, 0.5) is 0 Å². The van der Waals surface area contributed by atoms with E-state index < -0.39 is 8.07 Å². The van der Waals surface area contributed by atoms with Crippen LogP contribution in [0.25, 0.3) is 21.5 Å². The number of fused-ring (bicyclic) bond motifs is 2. The molecule has 0 heterocycles. The predicted octanol–water partition coefficient (Wildman–Crippen LogP) is 0.109. The number of hydrogen-bond donors (Lipinski definition) is 0. The molecular weight excluding hydrogens is 503 g/mol. The summed E-state index contributed by atoms with van der Waals surface area (Å²) in [7, 11) is -1.85. The minimum atomic E-state index is -1.85. The molecule has 0 aliphatic rings. The van der Waals surface area contributed by atoms with Gasteiger partial charge in [0.05, 0.1) is 0 Å². The summed E-state index contributed by atoms with van der Waals surface area (Å²) in [6, 6.07) is 14.4. The molecule has 0 aliphatic heterocycles. The Morgan fingerprint density at radius 1 is 0.567 bits per heavy atom. The number of benzene rings is 2. The van der Waals surface area contributed by atoms with Gasteiger partial charge in [0, 0.05) is 8.07 Å². The van der Waals surface area contributed by atoms with Crippen LogP contribution in [0.2, 0.25) is 13.1 Å². The molecule has 156 valence electrons. The molecule has 0 fully saturated rings. The van der Waals surface area contributed by atoms with Gasteiger partial charge in [-0.15, -0.1) is 69.1 Å². The van der Waals surface area contributed by atoms with E-state index in [0.29, 0.717) is 0 Å². The van der Waals surface area contributed by atoms with Crippen LogP contribution in [0.5, 0.6) is 0 Å². The first kappa shape index (κ1) is 27.4. The molecule has 0 aromatic heterocycles. The molecule has 4 aromatic rings. The van der Waals surface area contributed by atoms with Crippen molar-refractivity contribution in [2.45, 2.75) is 54.6 Å². The van der Waals surface area contributed by atoms with Crippen molar-refractivity contribution in [3.05, 3.63) is 69.8 Å². The zero-order valence-corrected chi connectivity index (χ0v) is 24.2. The first-order valence-corrected chi connectivity index (χ1v) is 13.0. The minimum Gasteiger partial charge on any atom is -1.00 e. The maximum atomic E-state index is 2.54. The van der Waals surface area contributed by atoms with Gasteiger partial charge in [0.2, 0.25) is 0 Å². The molecule has 0 bridgehead atoms. The van der Waals surface area contributed by atoms with Crippen molar-refractivity contribution < 1.29 is 51.0 Å². The third-order valence-electron chi connectivity index (χ3n) is 6.65. The van der Waals surface area contributed by atoms with Gasteiger partial charge in [0.1, 0.15) is 0 Å². The van der Waals surface area contributed by atoms with Crippen molar-refractivity contribution in [1.29, 1.82) is 0 Å². The van der Waals surface area contributed by atoms with Gasteiger partial charge in [-0.2, -0.15) is 10.4 Å². The van der Waals surface area contributed by atoms with Crippen LogP contribution >= 0.6 is 0 Å². The van der Waals surface area contributed by atoms with Gasteiger partial charge in [-0.3, -0.25) is 0 Å². The molecule has 0 N–H and O–H groups in total. The van der Waals surface area contributed by atoms with Crippen LogP contribution in [-0.4, -0.2) is 8.07 Å². The molecule has 0 amide bonds. The Kier molecular flexibility index (Phi) is 8.62. The van der Waals surface area contributed by atoms with Gasteiger partial charge in [0.25, 0.3) is 0 Å². The first-order valence-electron chi connectivity index (χ1n) is 9.96. The Morgan fingerprint density at radius 3 is 1.20 bits per heavy atom. The van der Waals surface area contributed by atoms with Crippen LogP contribution in [-0.2, 0) is 26.2 Å². The summed E-state index contributed by atoms with van der Waals surface area (Å²) in [4.78, 5) is 0. The van der Waals surface area contributed by atoms with E-state index in [2.05, 4.69) is 91.0 Å². The molecule has 4 rings (SSSR count). The van der Waals surface area contributed by atoms with Crippen LogP contribution in [0.15, 0.2) is 36.4 Å². The largest absolute Gasteiger partial charge is 4.00 e. The summed E-state index contributed by atoms with van der Waals surface area (Å²) in [5, 5.41) is 9.01. The van der Waals surface area contributed by atoms with E-state index in [9.17, 15) is 0 Å². The SMILES string of the molecule is Cc1cc2[cH-]c(C)c([Si](C)(C)c3c(C)[cH-]c4cc(C)c(C)cc34)c2cc1C.[Cl-].[Cl-].[Zr+4]. The van der Waals surface area contributed by atoms with Crippen LogP contribution in [0.3, 0.4) is 0 Å². The van der Waals surface area contributed by atoms with E-state index in [1.165, 1.54) is 54.9 Å². The summed E-state index contributed by atoms with van der Waals surface area (Å²) < 4.78 is 0. The van der Waals surface area contributed by atoms with E-state index in [4.69, 9.17) is 0 Å². The second-order valence-corrected chi connectivity index (χ2v) is 13.3. The smallest absolute Gasteiger partial charge is 1.00 e. The molecule has 0 aliphatic carbocycles. The number of halogens is 2. The summed E-state index contributed by atoms with van der Waals surface area (Å²) in [5.41, 5.74) is 8.50. The average molecular weight is 533 g/mol. The Hall–Kier alpha value is -0.660. The average Bonchev–Trinajstić information content (AvgIpc) is 3.04. The molecule has 0 unspecified atom stereocenters. The van der Waals surface area contributed by atoms with Crippen molar-refractivity contribution in [1.82, 2.24) is 0 Å². The molecule has 0 saturated heterocycles. The first-order chi connectivity index (χ1) is 12.6. The quantitative estimate of drug-likeness (QED) is 0.254. The molecule has 0 radical (unpaired) electrons. The van der Waals surface area contributed by atoms with Gasteiger partial charge >= 0.3 is 26.2 Å². The third kappa shape index (κ3) is 4.18. The summed E-state index contributed by atoms with van der Waals surface area (Å²) in [5.74, 6) is 0. The topological polar surface area (TPSA) is 0 Å². The van der Waals surface area contributed by atoms with Crippen LogP contribution in [0.1, 0.15) is 33.4 Å². The standard InChI is InChI=1S/C26H30Si.2ClH.Zr/c1-15-9-21-11-19(5)25(23(21)13-17(15)3)27(7,8)26-20(6)12-22-10-16(2)18(4)14-24(22)26;;;/h9-14H,1-8H3;2*1H;/q-2;;;+4/p-2. The van der Waals surface area contributed by atoms with Gasteiger partial charge in [-0.1, -0.05) is 49.2 Å². The fraction of sp³-hybridized carbons (Fsp3) is 0.308. The van der Waals surface area contributed by atoms with E-state index >= 15 is 0 Å². The van der Waals surface area contributed by atoms with Gasteiger partial charge in [0.15, 0.2) is 0 Å². The second-order valence-electron chi connectivity index (χ2n) is 9.08. The maximum Gasteiger partial charge on any atom is 4.00 e. The Morgan fingerprint density at radius 2 is 0.867 bits per heavy atom. The zero-order chi connectivity index (χ0) is 19.7. The maximum absolute atomic E-state index is 2.54. The summed E-state index contributed by atoms with van der Waals surface area (Å²) in [6.07, 6.45) is 0. The minimum absolute atomic E-state index is 0. The zero-order valence-electron chi connectivity index (χ0n) is 19.2. The van der Waals surface area contributed by atoms with E-state index in [-0.39, 0.29) is 51.0 Å². The van der Waals surface area contributed by atoms with Gasteiger partial charge in [-0.25, -0.2) is 0 Å². The van der Waals surface area contributed by atoms with E-state index in [1.807, 2.05) is 0 Å². The Balaban J connectivity index is 0.00000150. The second kappa shape index (κ2) is 9.45. The normalized spacial score (nSPS) is 11.2. The van der Waals surface area contributed by atoms with Crippen LogP contribution < -0.4 is 35.2 Å². The third-order valence-corrected chi connectivity index (χ3v) is 10.5. The Labute approximate surface area is 214 Å². The summed E-state index contributed by atoms with van der Waals surface area (Å²) in [6.45, 7) is 18.6. The molecule has 4 heteroatoms. The fourth-order valence-electron chi connectivity index (χ4n) is 5.17. The van der Waals surface area contributed by atoms with Crippen molar-refractivity contribution >= 4 is 40.0 Å². The van der Waals surface area contributed by atoms with Crippen molar-refractivity contribution in [3.8, 4) is 0 Å². The molecule has 30 heavy (non-hydrogen) atoms. The Bertz CT molecular complexity index is 1120. The predicted molar refractivity (Wildman–Crippen MR) is 124 cm³/mol. The molecule has 0 saturated carbocycles. The molecule has 0 nitrogen and oxygen atoms in total. The number of hydrogen-bond acceptors (Lipinski definition) is 0. The fourth-order valence-corrected chi connectivity index (χ4v) is 9.31. The van der Waals surface area contributed by atoms with E-state index in [1.54, 1.807) is 10.4 Å². The molecule has 0 atom stereocenters. The van der Waals surface area contributed by atoms with Crippen molar-refractivity contribution in [2.75, 3.05) is 0 Å². The van der Waals surface area contributed by atoms with Gasteiger partial charge < -0.3 is 24.8 Å². The van der Waals surface area contributed by atoms with Crippen LogP contribution in [0, 0.1) is 41.5 Å². The van der Waals surface area contributed by atoms with Crippen molar-refractivity contribution in [2.24, 2.45) is 0 Å². The molecule has 4 aromatic carbocycles. The van der Waals surface area contributed by atoms with Gasteiger partial charge in [-0.05, 0) is 27.7 Å². The number of aryl methyl sites for hydroxylation is 6. The molecule has 0 spiro atoms. The summed E-state index contributed by atoms with van der Waals surface area (Å²) >= 11 is 0. The van der Waals surface area contributed by atoms with E-state index in [0.717, 1.165) is 0 Å². The monoisotopic (exact) mass is 530 g/mol. The number of rotatable bonds is 2. The molecular formula is C26H30Cl2SiZr.